The number of pyridine rings is 2. The van der Waals surface area contributed by atoms with E-state index in [1.54, 1.807) is 37.2 Å². The van der Waals surface area contributed by atoms with Crippen molar-refractivity contribution in [1.29, 1.82) is 0 Å². The summed E-state index contributed by atoms with van der Waals surface area (Å²) in [5, 5.41) is 0.682. The standard InChI is InChI=1S/C19H18ClN5O/c20-17-13-22-8-3-18(17)25-9-4-16(5-10-25)26-19-23-11-15(12-24-19)14-1-6-21-7-2-14/h1-3,6-8,11-13,16H,4-5,9-10H2. The van der Waals surface area contributed by atoms with Gasteiger partial charge in [-0.3, -0.25) is 9.97 Å². The first-order valence-corrected chi connectivity index (χ1v) is 8.91. The van der Waals surface area contributed by atoms with Crippen molar-refractivity contribution in [3.05, 3.63) is 60.4 Å². The Kier molecular flexibility index (Phi) is 4.93. The van der Waals surface area contributed by atoms with Crippen LogP contribution in [0.1, 0.15) is 12.8 Å². The molecule has 0 bridgehead atoms. The molecule has 1 saturated heterocycles. The third kappa shape index (κ3) is 3.75. The van der Waals surface area contributed by atoms with Crippen LogP contribution in [0, 0.1) is 0 Å². The molecule has 0 aliphatic carbocycles. The lowest BCUT2D eigenvalue weighted by Crippen LogP contribution is -2.38. The van der Waals surface area contributed by atoms with Gasteiger partial charge in [0.15, 0.2) is 0 Å². The van der Waals surface area contributed by atoms with Crippen molar-refractivity contribution in [2.24, 2.45) is 0 Å². The third-order valence-electron chi connectivity index (χ3n) is 4.45. The summed E-state index contributed by atoms with van der Waals surface area (Å²) in [7, 11) is 0. The van der Waals surface area contributed by atoms with E-state index >= 15 is 0 Å². The number of piperidine rings is 1. The number of nitrogens with zero attached hydrogens (tertiary/aromatic N) is 5. The largest absolute Gasteiger partial charge is 0.460 e. The Labute approximate surface area is 156 Å². The lowest BCUT2D eigenvalue weighted by Gasteiger charge is -2.33. The Balaban J connectivity index is 1.35. The average molecular weight is 368 g/mol. The van der Waals surface area contributed by atoms with Crippen LogP contribution in [0.25, 0.3) is 11.1 Å². The van der Waals surface area contributed by atoms with Crippen LogP contribution in [0.3, 0.4) is 0 Å². The Morgan fingerprint density at radius 2 is 1.58 bits per heavy atom. The van der Waals surface area contributed by atoms with Crippen LogP contribution in [-0.2, 0) is 0 Å². The van der Waals surface area contributed by atoms with Crippen molar-refractivity contribution < 1.29 is 4.74 Å². The van der Waals surface area contributed by atoms with E-state index in [1.165, 1.54) is 0 Å². The summed E-state index contributed by atoms with van der Waals surface area (Å²) in [6.07, 6.45) is 12.4. The molecule has 0 unspecified atom stereocenters. The first kappa shape index (κ1) is 16.7. The van der Waals surface area contributed by atoms with E-state index in [0.717, 1.165) is 42.7 Å². The normalized spacial score (nSPS) is 15.0. The molecule has 0 saturated carbocycles. The number of ether oxygens (including phenoxy) is 1. The van der Waals surface area contributed by atoms with Gasteiger partial charge in [0, 0.05) is 68.7 Å². The van der Waals surface area contributed by atoms with Gasteiger partial charge in [-0.2, -0.15) is 0 Å². The van der Waals surface area contributed by atoms with E-state index in [4.69, 9.17) is 16.3 Å². The van der Waals surface area contributed by atoms with Gasteiger partial charge < -0.3 is 9.64 Å². The molecule has 0 spiro atoms. The molecule has 3 aromatic heterocycles. The highest BCUT2D eigenvalue weighted by Gasteiger charge is 2.22. The van der Waals surface area contributed by atoms with Crippen molar-refractivity contribution >= 4 is 17.3 Å². The number of hydrogen-bond acceptors (Lipinski definition) is 6. The van der Waals surface area contributed by atoms with Gasteiger partial charge >= 0.3 is 6.01 Å². The molecule has 0 aromatic carbocycles. The van der Waals surface area contributed by atoms with Gasteiger partial charge in [-0.25, -0.2) is 9.97 Å². The van der Waals surface area contributed by atoms with Crippen molar-refractivity contribution in [2.45, 2.75) is 18.9 Å². The first-order valence-electron chi connectivity index (χ1n) is 8.53. The zero-order valence-corrected chi connectivity index (χ0v) is 14.9. The highest BCUT2D eigenvalue weighted by molar-refractivity contribution is 6.33. The molecule has 1 fully saturated rings. The predicted molar refractivity (Wildman–Crippen MR) is 100 cm³/mol. The summed E-state index contributed by atoms with van der Waals surface area (Å²) in [4.78, 5) is 19.0. The fourth-order valence-electron chi connectivity index (χ4n) is 3.06. The molecule has 6 nitrogen and oxygen atoms in total. The molecule has 7 heteroatoms. The second kappa shape index (κ2) is 7.66. The topological polar surface area (TPSA) is 64.0 Å². The average Bonchev–Trinajstić information content (AvgIpc) is 2.70. The molecule has 4 rings (SSSR count). The molecular formula is C19H18ClN5O. The maximum absolute atomic E-state index is 6.23. The zero-order chi connectivity index (χ0) is 17.8. The van der Waals surface area contributed by atoms with Gasteiger partial charge in [-0.1, -0.05) is 11.6 Å². The van der Waals surface area contributed by atoms with Crippen LogP contribution < -0.4 is 9.64 Å². The molecule has 3 aromatic rings. The van der Waals surface area contributed by atoms with Crippen molar-refractivity contribution in [2.75, 3.05) is 18.0 Å². The summed E-state index contributed by atoms with van der Waals surface area (Å²) >= 11 is 6.23. The summed E-state index contributed by atoms with van der Waals surface area (Å²) in [5.74, 6) is 0. The van der Waals surface area contributed by atoms with Gasteiger partial charge in [-0.15, -0.1) is 0 Å². The third-order valence-corrected chi connectivity index (χ3v) is 4.74. The number of anilines is 1. The highest BCUT2D eigenvalue weighted by Crippen LogP contribution is 2.28. The molecule has 1 aliphatic rings. The van der Waals surface area contributed by atoms with Gasteiger partial charge in [0.25, 0.3) is 0 Å². The van der Waals surface area contributed by atoms with Crippen molar-refractivity contribution in [1.82, 2.24) is 19.9 Å². The maximum Gasteiger partial charge on any atom is 0.316 e. The van der Waals surface area contributed by atoms with E-state index in [1.807, 2.05) is 18.2 Å². The Bertz CT molecular complexity index is 851. The maximum atomic E-state index is 6.23. The van der Waals surface area contributed by atoms with E-state index in [2.05, 4.69) is 24.8 Å². The zero-order valence-electron chi connectivity index (χ0n) is 14.1. The van der Waals surface area contributed by atoms with Crippen LogP contribution in [0.4, 0.5) is 5.69 Å². The lowest BCUT2D eigenvalue weighted by atomic mass is 10.1. The summed E-state index contributed by atoms with van der Waals surface area (Å²) in [6, 6.07) is 6.23. The molecule has 26 heavy (non-hydrogen) atoms. The van der Waals surface area contributed by atoms with Crippen molar-refractivity contribution in [3.63, 3.8) is 0 Å². The van der Waals surface area contributed by atoms with Crippen LogP contribution in [-0.4, -0.2) is 39.1 Å². The van der Waals surface area contributed by atoms with Gasteiger partial charge in [0.05, 0.1) is 10.7 Å². The smallest absolute Gasteiger partial charge is 0.316 e. The van der Waals surface area contributed by atoms with E-state index in [-0.39, 0.29) is 6.10 Å². The minimum atomic E-state index is 0.110. The van der Waals surface area contributed by atoms with Crippen LogP contribution in [0.5, 0.6) is 6.01 Å². The van der Waals surface area contributed by atoms with Crippen LogP contribution >= 0.6 is 11.6 Å². The SMILES string of the molecule is Clc1cnccc1N1CCC(Oc2ncc(-c3ccncc3)cn2)CC1. The molecule has 0 radical (unpaired) electrons. The predicted octanol–water partition coefficient (Wildman–Crippen LogP) is 3.63. The van der Waals surface area contributed by atoms with E-state index < -0.39 is 0 Å². The summed E-state index contributed by atoms with van der Waals surface area (Å²) in [6.45, 7) is 1.76. The molecule has 4 heterocycles. The van der Waals surface area contributed by atoms with Crippen LogP contribution in [0.15, 0.2) is 55.4 Å². The minimum Gasteiger partial charge on any atom is -0.460 e. The lowest BCUT2D eigenvalue weighted by molar-refractivity contribution is 0.156. The summed E-state index contributed by atoms with van der Waals surface area (Å²) in [5.41, 5.74) is 3.01. The second-order valence-electron chi connectivity index (χ2n) is 6.12. The fraction of sp³-hybridized carbons (Fsp3) is 0.263. The van der Waals surface area contributed by atoms with E-state index in [9.17, 15) is 0 Å². The number of halogens is 1. The second-order valence-corrected chi connectivity index (χ2v) is 6.53. The summed E-state index contributed by atoms with van der Waals surface area (Å²) < 4.78 is 5.95. The molecule has 0 amide bonds. The van der Waals surface area contributed by atoms with Gasteiger partial charge in [0.2, 0.25) is 0 Å². The highest BCUT2D eigenvalue weighted by atomic mass is 35.5. The molecule has 0 atom stereocenters. The Morgan fingerprint density at radius 3 is 2.27 bits per heavy atom. The van der Waals surface area contributed by atoms with E-state index in [0.29, 0.717) is 11.0 Å². The van der Waals surface area contributed by atoms with Crippen LogP contribution in [0.2, 0.25) is 5.02 Å². The minimum absolute atomic E-state index is 0.110. The Hall–Kier alpha value is -2.73. The number of hydrogen-bond donors (Lipinski definition) is 0. The monoisotopic (exact) mass is 367 g/mol. The molecule has 132 valence electrons. The molecular weight excluding hydrogens is 350 g/mol. The van der Waals surface area contributed by atoms with Gasteiger partial charge in [0.1, 0.15) is 6.10 Å². The van der Waals surface area contributed by atoms with Gasteiger partial charge in [-0.05, 0) is 23.8 Å². The quantitative estimate of drug-likeness (QED) is 0.701. The van der Waals surface area contributed by atoms with Crippen molar-refractivity contribution in [3.8, 4) is 17.1 Å². The number of rotatable bonds is 4. The number of aromatic nitrogens is 4. The first-order chi connectivity index (χ1) is 12.8. The fourth-order valence-corrected chi connectivity index (χ4v) is 3.30. The Morgan fingerprint density at radius 1 is 0.885 bits per heavy atom. The molecule has 0 N–H and O–H groups in total. The molecule has 1 aliphatic heterocycles.